The third-order valence-corrected chi connectivity index (χ3v) is 7.28. The number of methoxy groups -OCH3 is 1. The Morgan fingerprint density at radius 2 is 1.69 bits per heavy atom. The van der Waals surface area contributed by atoms with Gasteiger partial charge in [-0.1, -0.05) is 12.1 Å². The maximum atomic E-state index is 13.0. The lowest BCUT2D eigenvalue weighted by atomic mass is 9.97. The van der Waals surface area contributed by atoms with E-state index in [4.69, 9.17) is 9.47 Å². The second-order valence-corrected chi connectivity index (χ2v) is 9.92. The lowest BCUT2D eigenvalue weighted by Gasteiger charge is -2.31. The molecule has 1 amide bonds. The molecule has 1 N–H and O–H groups in total. The van der Waals surface area contributed by atoms with Gasteiger partial charge in [0.15, 0.2) is 0 Å². The molecule has 0 spiro atoms. The van der Waals surface area contributed by atoms with Crippen LogP contribution in [0, 0.1) is 11.7 Å². The van der Waals surface area contributed by atoms with Gasteiger partial charge in [-0.2, -0.15) is 0 Å². The summed E-state index contributed by atoms with van der Waals surface area (Å²) < 4.78 is 50.6. The van der Waals surface area contributed by atoms with Crippen LogP contribution in [-0.4, -0.2) is 51.5 Å². The van der Waals surface area contributed by atoms with Crippen molar-refractivity contribution in [1.82, 2.24) is 9.62 Å². The van der Waals surface area contributed by atoms with E-state index in [0.29, 0.717) is 43.9 Å². The fourth-order valence-electron chi connectivity index (χ4n) is 3.57. The molecule has 9 heteroatoms. The Morgan fingerprint density at radius 3 is 2.28 bits per heavy atom. The first-order chi connectivity index (χ1) is 15.3. The Bertz CT molecular complexity index is 988. The van der Waals surface area contributed by atoms with E-state index in [0.717, 1.165) is 5.75 Å². The van der Waals surface area contributed by atoms with Gasteiger partial charge in [0.2, 0.25) is 15.9 Å². The van der Waals surface area contributed by atoms with Crippen molar-refractivity contribution in [3.63, 3.8) is 0 Å². The highest BCUT2D eigenvalue weighted by Crippen LogP contribution is 2.22. The van der Waals surface area contributed by atoms with Crippen LogP contribution in [0.5, 0.6) is 11.5 Å². The van der Waals surface area contributed by atoms with Crippen LogP contribution < -0.4 is 14.8 Å². The SMILES string of the molecule is COc1ccc(OC[C@H](C)NC(=O)C2CCN(S(=O)(=O)Cc3ccc(F)cc3)CC2)cc1. The monoisotopic (exact) mass is 464 g/mol. The maximum absolute atomic E-state index is 13.0. The molecule has 1 aliphatic rings. The predicted octanol–water partition coefficient (Wildman–Crippen LogP) is 2.96. The van der Waals surface area contributed by atoms with Gasteiger partial charge in [0.1, 0.15) is 23.9 Å². The Hall–Kier alpha value is -2.65. The molecule has 2 aromatic carbocycles. The molecule has 0 bridgehead atoms. The van der Waals surface area contributed by atoms with Crippen molar-refractivity contribution in [3.05, 3.63) is 59.9 Å². The van der Waals surface area contributed by atoms with E-state index in [1.165, 1.54) is 28.6 Å². The third-order valence-electron chi connectivity index (χ3n) is 5.43. The van der Waals surface area contributed by atoms with Gasteiger partial charge in [-0.15, -0.1) is 0 Å². The summed E-state index contributed by atoms with van der Waals surface area (Å²) in [6, 6.07) is 12.5. The molecular weight excluding hydrogens is 435 g/mol. The minimum Gasteiger partial charge on any atom is -0.497 e. The number of sulfonamides is 1. The largest absolute Gasteiger partial charge is 0.497 e. The number of benzene rings is 2. The van der Waals surface area contributed by atoms with Crippen LogP contribution in [0.15, 0.2) is 48.5 Å². The van der Waals surface area contributed by atoms with Gasteiger partial charge in [-0.05, 0) is 61.7 Å². The first-order valence-corrected chi connectivity index (χ1v) is 12.2. The normalized spacial score (nSPS) is 16.3. The lowest BCUT2D eigenvalue weighted by molar-refractivity contribution is -0.126. The number of piperidine rings is 1. The van der Waals surface area contributed by atoms with Gasteiger partial charge in [0, 0.05) is 19.0 Å². The van der Waals surface area contributed by atoms with E-state index in [2.05, 4.69) is 5.32 Å². The molecule has 1 atom stereocenters. The van der Waals surface area contributed by atoms with E-state index in [9.17, 15) is 17.6 Å². The molecule has 1 heterocycles. The minimum atomic E-state index is -3.52. The number of amides is 1. The summed E-state index contributed by atoms with van der Waals surface area (Å²) in [5.41, 5.74) is 0.539. The fourth-order valence-corrected chi connectivity index (χ4v) is 5.14. The number of rotatable bonds is 9. The Kier molecular flexibility index (Phi) is 8.09. The number of carbonyl (C=O) groups excluding carboxylic acids is 1. The quantitative estimate of drug-likeness (QED) is 0.617. The average Bonchev–Trinajstić information content (AvgIpc) is 2.79. The zero-order valence-corrected chi connectivity index (χ0v) is 19.1. The first kappa shape index (κ1) is 24.0. The van der Waals surface area contributed by atoms with Crippen LogP contribution in [0.1, 0.15) is 25.3 Å². The molecule has 7 nitrogen and oxygen atoms in total. The zero-order valence-electron chi connectivity index (χ0n) is 18.3. The highest BCUT2D eigenvalue weighted by Gasteiger charge is 2.31. The molecule has 1 fully saturated rings. The van der Waals surface area contributed by atoms with E-state index >= 15 is 0 Å². The maximum Gasteiger partial charge on any atom is 0.223 e. The topological polar surface area (TPSA) is 84.9 Å². The molecule has 32 heavy (non-hydrogen) atoms. The molecule has 174 valence electrons. The van der Waals surface area contributed by atoms with Gasteiger partial charge >= 0.3 is 0 Å². The summed E-state index contributed by atoms with van der Waals surface area (Å²) in [7, 11) is -1.92. The van der Waals surface area contributed by atoms with Crippen LogP contribution in [0.25, 0.3) is 0 Å². The summed E-state index contributed by atoms with van der Waals surface area (Å²) in [5, 5.41) is 2.95. The summed E-state index contributed by atoms with van der Waals surface area (Å²) >= 11 is 0. The Balaban J connectivity index is 1.43. The van der Waals surface area contributed by atoms with E-state index < -0.39 is 15.8 Å². The number of halogens is 1. The number of nitrogens with zero attached hydrogens (tertiary/aromatic N) is 1. The van der Waals surface area contributed by atoms with Gasteiger partial charge in [0.25, 0.3) is 0 Å². The molecule has 0 unspecified atom stereocenters. The Labute approximate surface area is 188 Å². The number of hydrogen-bond donors (Lipinski definition) is 1. The van der Waals surface area contributed by atoms with Crippen LogP contribution in [0.2, 0.25) is 0 Å². The molecule has 2 aromatic rings. The second kappa shape index (κ2) is 10.8. The first-order valence-electron chi connectivity index (χ1n) is 10.6. The third kappa shape index (κ3) is 6.67. The predicted molar refractivity (Wildman–Crippen MR) is 119 cm³/mol. The van der Waals surface area contributed by atoms with E-state index in [-0.39, 0.29) is 23.6 Å². The van der Waals surface area contributed by atoms with Crippen molar-refractivity contribution in [1.29, 1.82) is 0 Å². The summed E-state index contributed by atoms with van der Waals surface area (Å²) in [4.78, 5) is 12.6. The van der Waals surface area contributed by atoms with Gasteiger partial charge in [-0.25, -0.2) is 17.1 Å². The van der Waals surface area contributed by atoms with Gasteiger partial charge in [0.05, 0.1) is 18.9 Å². The van der Waals surface area contributed by atoms with Crippen LogP contribution in [-0.2, 0) is 20.6 Å². The van der Waals surface area contributed by atoms with Crippen LogP contribution in [0.3, 0.4) is 0 Å². The molecule has 0 aromatic heterocycles. The highest BCUT2D eigenvalue weighted by molar-refractivity contribution is 7.88. The van der Waals surface area contributed by atoms with Gasteiger partial charge < -0.3 is 14.8 Å². The number of hydrogen-bond acceptors (Lipinski definition) is 5. The Morgan fingerprint density at radius 1 is 1.09 bits per heavy atom. The molecule has 3 rings (SSSR count). The van der Waals surface area contributed by atoms with E-state index in [1.54, 1.807) is 31.4 Å². The second-order valence-electron chi connectivity index (χ2n) is 7.95. The van der Waals surface area contributed by atoms with Crippen LogP contribution >= 0.6 is 0 Å². The highest BCUT2D eigenvalue weighted by atomic mass is 32.2. The fraction of sp³-hybridized carbons (Fsp3) is 0.435. The van der Waals surface area contributed by atoms with Gasteiger partial charge in [-0.3, -0.25) is 4.79 Å². The number of carbonyl (C=O) groups is 1. The van der Waals surface area contributed by atoms with Crippen molar-refractivity contribution in [3.8, 4) is 11.5 Å². The molecule has 0 saturated carbocycles. The average molecular weight is 465 g/mol. The molecule has 1 aliphatic heterocycles. The lowest BCUT2D eigenvalue weighted by Crippen LogP contribution is -2.46. The standard InChI is InChI=1S/C23H29FN2O5S/c1-17(15-31-22-9-7-21(30-2)8-10-22)25-23(27)19-11-13-26(14-12-19)32(28,29)16-18-3-5-20(24)6-4-18/h3-10,17,19H,11-16H2,1-2H3,(H,25,27)/t17-/m0/s1. The zero-order chi connectivity index (χ0) is 23.1. The molecule has 0 aliphatic carbocycles. The van der Waals surface area contributed by atoms with Crippen molar-refractivity contribution in [2.75, 3.05) is 26.8 Å². The summed E-state index contributed by atoms with van der Waals surface area (Å²) in [5.74, 6) is 0.518. The van der Waals surface area contributed by atoms with Crippen molar-refractivity contribution in [2.45, 2.75) is 31.6 Å². The summed E-state index contributed by atoms with van der Waals surface area (Å²) in [6.45, 7) is 2.77. The smallest absolute Gasteiger partial charge is 0.223 e. The van der Waals surface area contributed by atoms with Crippen LogP contribution in [0.4, 0.5) is 4.39 Å². The minimum absolute atomic E-state index is 0.0913. The number of ether oxygens (including phenoxy) is 2. The van der Waals surface area contributed by atoms with Crippen molar-refractivity contribution >= 4 is 15.9 Å². The summed E-state index contributed by atoms with van der Waals surface area (Å²) in [6.07, 6.45) is 0.918. The van der Waals surface area contributed by atoms with Crippen molar-refractivity contribution < 1.29 is 27.1 Å². The molecular formula is C23H29FN2O5S. The van der Waals surface area contributed by atoms with E-state index in [1.807, 2.05) is 6.92 Å². The molecule has 1 saturated heterocycles. The van der Waals surface area contributed by atoms with Crippen molar-refractivity contribution in [2.24, 2.45) is 5.92 Å². The molecule has 0 radical (unpaired) electrons. The number of nitrogens with one attached hydrogen (secondary N) is 1.